The van der Waals surface area contributed by atoms with Gasteiger partial charge in [0, 0.05) is 21.9 Å². The van der Waals surface area contributed by atoms with Crippen LogP contribution in [0, 0.1) is 5.92 Å². The fraction of sp³-hybridized carbons (Fsp3) is 0.440. The topological polar surface area (TPSA) is 40.5 Å². The van der Waals surface area contributed by atoms with Crippen LogP contribution in [0.5, 0.6) is 11.5 Å². The molecule has 2 N–H and O–H groups in total. The molecule has 28 heavy (non-hydrogen) atoms. The normalized spacial score (nSPS) is 19.5. The van der Waals surface area contributed by atoms with E-state index in [1.165, 1.54) is 5.57 Å². The Morgan fingerprint density at radius 2 is 2.07 bits per heavy atom. The quantitative estimate of drug-likeness (QED) is 0.374. The Kier molecular flexibility index (Phi) is 6.66. The van der Waals surface area contributed by atoms with E-state index in [0.29, 0.717) is 5.56 Å². The Morgan fingerprint density at radius 1 is 1.29 bits per heavy atom. The van der Waals surface area contributed by atoms with E-state index >= 15 is 0 Å². The molecule has 1 aromatic carbocycles. The first-order valence-electron chi connectivity index (χ1n) is 10.4. The van der Waals surface area contributed by atoms with E-state index < -0.39 is 0 Å². The third-order valence-electron chi connectivity index (χ3n) is 5.93. The van der Waals surface area contributed by atoms with Crippen molar-refractivity contribution < 1.29 is 10.2 Å². The monoisotopic (exact) mass is 396 g/mol. The number of rotatable bonds is 7. The molecular weight excluding hydrogens is 364 g/mol. The van der Waals surface area contributed by atoms with Gasteiger partial charge in [0.15, 0.2) is 0 Å². The molecule has 2 nitrogen and oxygen atoms in total. The Labute approximate surface area is 173 Å². The lowest BCUT2D eigenvalue weighted by Gasteiger charge is -2.32. The second kappa shape index (κ2) is 9.00. The molecule has 150 valence electrons. The van der Waals surface area contributed by atoms with E-state index in [4.69, 9.17) is 0 Å². The number of thiophene rings is 1. The molecule has 2 unspecified atom stereocenters. The maximum atomic E-state index is 11.4. The molecule has 3 rings (SSSR count). The number of aryl methyl sites for hydroxylation is 1. The fourth-order valence-corrected chi connectivity index (χ4v) is 5.22. The summed E-state index contributed by atoms with van der Waals surface area (Å²) in [4.78, 5) is 1.06. The number of hydrogen-bond acceptors (Lipinski definition) is 3. The molecule has 0 fully saturated rings. The van der Waals surface area contributed by atoms with Crippen LogP contribution in [0.15, 0.2) is 47.4 Å². The summed E-state index contributed by atoms with van der Waals surface area (Å²) in [5, 5.41) is 24.4. The smallest absolute Gasteiger partial charge is 0.132 e. The highest BCUT2D eigenvalue weighted by molar-refractivity contribution is 7.13. The lowest BCUT2D eigenvalue weighted by atomic mass is 9.73. The molecule has 0 bridgehead atoms. The summed E-state index contributed by atoms with van der Waals surface area (Å²) in [6.07, 6.45) is 8.49. The lowest BCUT2D eigenvalue weighted by Crippen LogP contribution is -2.17. The highest BCUT2D eigenvalue weighted by Gasteiger charge is 2.32. The number of hydrogen-bond donors (Lipinski definition) is 2. The van der Waals surface area contributed by atoms with Gasteiger partial charge < -0.3 is 10.2 Å². The highest BCUT2D eigenvalue weighted by Crippen LogP contribution is 2.50. The molecule has 0 saturated carbocycles. The molecule has 0 radical (unpaired) electrons. The van der Waals surface area contributed by atoms with Crippen LogP contribution in [0.4, 0.5) is 0 Å². The number of benzene rings is 1. The summed E-state index contributed by atoms with van der Waals surface area (Å²) in [6.45, 7) is 10.6. The van der Waals surface area contributed by atoms with Crippen LogP contribution in [-0.2, 0) is 6.42 Å². The van der Waals surface area contributed by atoms with Crippen molar-refractivity contribution in [2.45, 2.75) is 65.2 Å². The van der Waals surface area contributed by atoms with Crippen molar-refractivity contribution in [2.75, 3.05) is 0 Å². The SMILES string of the molecule is C=C(C)C1CCC(C)=CC1c1c(O)cc(CCCCC)c(-c2cccs2)c1O. The summed E-state index contributed by atoms with van der Waals surface area (Å²) in [5.74, 6) is 0.667. The average Bonchev–Trinajstić information content (AvgIpc) is 3.15. The van der Waals surface area contributed by atoms with Gasteiger partial charge in [-0.1, -0.05) is 49.6 Å². The van der Waals surface area contributed by atoms with Gasteiger partial charge >= 0.3 is 0 Å². The Morgan fingerprint density at radius 3 is 2.71 bits per heavy atom. The summed E-state index contributed by atoms with van der Waals surface area (Å²) in [6, 6.07) is 5.97. The summed E-state index contributed by atoms with van der Waals surface area (Å²) in [7, 11) is 0. The first-order chi connectivity index (χ1) is 13.4. The van der Waals surface area contributed by atoms with Crippen LogP contribution in [0.1, 0.15) is 69.9 Å². The van der Waals surface area contributed by atoms with Crippen LogP contribution in [0.25, 0.3) is 10.4 Å². The van der Waals surface area contributed by atoms with Crippen molar-refractivity contribution in [1.82, 2.24) is 0 Å². The van der Waals surface area contributed by atoms with Gasteiger partial charge in [-0.3, -0.25) is 0 Å². The van der Waals surface area contributed by atoms with Crippen LogP contribution in [0.3, 0.4) is 0 Å². The van der Waals surface area contributed by atoms with Crippen molar-refractivity contribution in [3.63, 3.8) is 0 Å². The fourth-order valence-electron chi connectivity index (χ4n) is 4.42. The van der Waals surface area contributed by atoms with Crippen molar-refractivity contribution in [3.8, 4) is 21.9 Å². The Hall–Kier alpha value is -2.00. The molecule has 0 spiro atoms. The molecular formula is C25H32O2S. The second-order valence-electron chi connectivity index (χ2n) is 8.16. The van der Waals surface area contributed by atoms with Gasteiger partial charge in [-0.2, -0.15) is 0 Å². The van der Waals surface area contributed by atoms with E-state index in [9.17, 15) is 10.2 Å². The number of phenols is 2. The minimum Gasteiger partial charge on any atom is -0.507 e. The third-order valence-corrected chi connectivity index (χ3v) is 6.82. The maximum absolute atomic E-state index is 11.4. The molecule has 1 heterocycles. The van der Waals surface area contributed by atoms with E-state index in [2.05, 4.69) is 39.5 Å². The standard InChI is InChI=1S/C25H32O2S/c1-5-6-7-9-18-15-21(26)24(25(27)23(18)22-10-8-13-28-22)20-14-17(4)11-12-19(20)16(2)3/h8,10,13-15,19-20,26-27H,2,5-7,9,11-12H2,1,3-4H3. The molecule has 1 aliphatic rings. The van der Waals surface area contributed by atoms with E-state index in [1.807, 2.05) is 17.5 Å². The summed E-state index contributed by atoms with van der Waals surface area (Å²) >= 11 is 1.64. The van der Waals surface area contributed by atoms with Crippen LogP contribution in [-0.4, -0.2) is 10.2 Å². The molecule has 3 heteroatoms. The average molecular weight is 397 g/mol. The first kappa shape index (κ1) is 20.7. The van der Waals surface area contributed by atoms with Crippen LogP contribution < -0.4 is 0 Å². The molecule has 2 atom stereocenters. The minimum atomic E-state index is -0.0327. The first-order valence-corrected chi connectivity index (χ1v) is 11.3. The molecule has 1 aromatic heterocycles. The van der Waals surface area contributed by atoms with Gasteiger partial charge in [0.2, 0.25) is 0 Å². The van der Waals surface area contributed by atoms with Gasteiger partial charge in [0.25, 0.3) is 0 Å². The Balaban J connectivity index is 2.15. The Bertz CT molecular complexity index is 861. The minimum absolute atomic E-state index is 0.0327. The summed E-state index contributed by atoms with van der Waals surface area (Å²) in [5.41, 5.74) is 5.02. The second-order valence-corrected chi connectivity index (χ2v) is 9.10. The number of unbranched alkanes of at least 4 members (excludes halogenated alkanes) is 2. The maximum Gasteiger partial charge on any atom is 0.132 e. The zero-order chi connectivity index (χ0) is 20.3. The zero-order valence-electron chi connectivity index (χ0n) is 17.3. The van der Waals surface area contributed by atoms with Crippen molar-refractivity contribution in [1.29, 1.82) is 0 Å². The van der Waals surface area contributed by atoms with Gasteiger partial charge in [0.05, 0.1) is 0 Å². The molecule has 2 aromatic rings. The molecule has 0 aliphatic heterocycles. The van der Waals surface area contributed by atoms with E-state index in [1.54, 1.807) is 11.3 Å². The number of allylic oxidation sites excluding steroid dienone is 3. The predicted molar refractivity (Wildman–Crippen MR) is 120 cm³/mol. The van der Waals surface area contributed by atoms with E-state index in [0.717, 1.165) is 60.1 Å². The van der Waals surface area contributed by atoms with Crippen LogP contribution >= 0.6 is 11.3 Å². The van der Waals surface area contributed by atoms with E-state index in [-0.39, 0.29) is 23.3 Å². The largest absolute Gasteiger partial charge is 0.507 e. The summed E-state index contributed by atoms with van der Waals surface area (Å²) < 4.78 is 0. The van der Waals surface area contributed by atoms with Gasteiger partial charge in [-0.25, -0.2) is 0 Å². The third kappa shape index (κ3) is 4.20. The number of aromatic hydroxyl groups is 2. The lowest BCUT2D eigenvalue weighted by molar-refractivity contribution is 0.407. The molecule has 0 saturated heterocycles. The predicted octanol–water partition coefficient (Wildman–Crippen LogP) is 7.58. The molecule has 1 aliphatic carbocycles. The van der Waals surface area contributed by atoms with Crippen LogP contribution in [0.2, 0.25) is 0 Å². The highest BCUT2D eigenvalue weighted by atomic mass is 32.1. The van der Waals surface area contributed by atoms with Gasteiger partial charge in [0.1, 0.15) is 11.5 Å². The van der Waals surface area contributed by atoms with Crippen molar-refractivity contribution >= 4 is 11.3 Å². The van der Waals surface area contributed by atoms with Crippen molar-refractivity contribution in [3.05, 3.63) is 58.5 Å². The molecule has 0 amide bonds. The van der Waals surface area contributed by atoms with Crippen molar-refractivity contribution in [2.24, 2.45) is 5.92 Å². The van der Waals surface area contributed by atoms with Gasteiger partial charge in [-0.15, -0.1) is 11.3 Å². The zero-order valence-corrected chi connectivity index (χ0v) is 18.1. The van der Waals surface area contributed by atoms with Gasteiger partial charge in [-0.05, 0) is 68.5 Å². The number of phenolic OH excluding ortho intramolecular Hbond substituents is 2.